The number of methoxy groups -OCH3 is 1. The van der Waals surface area contributed by atoms with Gasteiger partial charge in [-0.05, 0) is 41.7 Å². The molecule has 1 unspecified atom stereocenters. The highest BCUT2D eigenvalue weighted by atomic mass is 16.9. The summed E-state index contributed by atoms with van der Waals surface area (Å²) in [7, 11) is 1.66. The summed E-state index contributed by atoms with van der Waals surface area (Å²) in [6.45, 7) is 8.48. The molecule has 0 bridgehead atoms. The minimum Gasteiger partial charge on any atom is -0.370 e. The van der Waals surface area contributed by atoms with Gasteiger partial charge in [-0.2, -0.15) is 0 Å². The number of rotatable bonds is 17. The van der Waals surface area contributed by atoms with Crippen LogP contribution >= 0.6 is 0 Å². The first-order valence-corrected chi connectivity index (χ1v) is 13.3. The first-order valence-electron chi connectivity index (χ1n) is 13.3. The van der Waals surface area contributed by atoms with Crippen LogP contribution in [-0.4, -0.2) is 51.4 Å². The molecule has 0 saturated carbocycles. The zero-order valence-corrected chi connectivity index (χ0v) is 22.0. The maximum atomic E-state index is 6.46. The van der Waals surface area contributed by atoms with Crippen LogP contribution in [0.5, 0.6) is 0 Å². The summed E-state index contributed by atoms with van der Waals surface area (Å²) in [4.78, 5) is 0. The Morgan fingerprint density at radius 3 is 2.00 bits per heavy atom. The second-order valence-electron chi connectivity index (χ2n) is 9.20. The van der Waals surface area contributed by atoms with Gasteiger partial charge < -0.3 is 28.4 Å². The van der Waals surface area contributed by atoms with E-state index in [0.717, 1.165) is 44.1 Å². The monoisotopic (exact) mass is 488 g/mol. The van der Waals surface area contributed by atoms with Crippen molar-refractivity contribution in [3.8, 4) is 0 Å². The molecule has 35 heavy (non-hydrogen) atoms. The van der Waals surface area contributed by atoms with E-state index in [2.05, 4.69) is 63.2 Å². The lowest BCUT2D eigenvalue weighted by atomic mass is 10.1. The fraction of sp³-hybridized carbons (Fsp3) is 0.655. The van der Waals surface area contributed by atoms with Gasteiger partial charge in [0.05, 0.1) is 32.5 Å². The van der Waals surface area contributed by atoms with Crippen molar-refractivity contribution in [2.45, 2.75) is 96.8 Å². The van der Waals surface area contributed by atoms with Crippen molar-refractivity contribution in [2.75, 3.05) is 26.9 Å². The second kappa shape index (κ2) is 14.9. The van der Waals surface area contributed by atoms with Gasteiger partial charge in [0.1, 0.15) is 0 Å². The summed E-state index contributed by atoms with van der Waals surface area (Å²) in [5, 5.41) is 2.42. The van der Waals surface area contributed by atoms with E-state index >= 15 is 0 Å². The summed E-state index contributed by atoms with van der Waals surface area (Å²) in [6.07, 6.45) is 5.14. The van der Waals surface area contributed by atoms with E-state index in [1.807, 2.05) is 0 Å². The normalized spacial score (nSPS) is 20.6. The minimum absolute atomic E-state index is 0.295. The van der Waals surface area contributed by atoms with Crippen LogP contribution in [0.3, 0.4) is 0 Å². The third-order valence-corrected chi connectivity index (χ3v) is 6.35. The van der Waals surface area contributed by atoms with Gasteiger partial charge in [-0.25, -0.2) is 0 Å². The number of fused-ring (bicyclic) bond motifs is 1. The third kappa shape index (κ3) is 7.97. The molecule has 6 heteroatoms. The van der Waals surface area contributed by atoms with E-state index in [1.54, 1.807) is 7.11 Å². The molecule has 0 radical (unpaired) electrons. The standard InChI is InChI=1S/C29H44O6/c1-5-8-17-32-29(33-18-9-6-2,34-19-10-7-3)28-26(21-27(30-4)35-28)31-22-23-15-16-24-13-11-12-14-25(24)20-23/h11-16,20,26-28H,5-10,17-19,21-22H2,1-4H3/t26-,27?,28+/m0/s1. The maximum Gasteiger partial charge on any atom is 0.313 e. The van der Waals surface area contributed by atoms with E-state index in [1.165, 1.54) is 10.8 Å². The average molecular weight is 489 g/mol. The summed E-state index contributed by atoms with van der Waals surface area (Å²) in [6, 6.07) is 14.8. The number of hydrogen-bond acceptors (Lipinski definition) is 6. The molecule has 1 aliphatic heterocycles. The molecule has 1 aliphatic rings. The topological polar surface area (TPSA) is 55.4 Å². The predicted octanol–water partition coefficient (Wildman–Crippen LogP) is 6.59. The fourth-order valence-electron chi connectivity index (χ4n) is 4.22. The van der Waals surface area contributed by atoms with Gasteiger partial charge in [-0.15, -0.1) is 0 Å². The van der Waals surface area contributed by atoms with Crippen LogP contribution in [0.25, 0.3) is 10.8 Å². The Bertz CT molecular complexity index is 829. The van der Waals surface area contributed by atoms with Crippen molar-refractivity contribution in [1.29, 1.82) is 0 Å². The van der Waals surface area contributed by atoms with Crippen LogP contribution in [0, 0.1) is 0 Å². The molecule has 0 N–H and O–H groups in total. The molecule has 1 saturated heterocycles. The molecule has 0 spiro atoms. The molecule has 3 rings (SSSR count). The smallest absolute Gasteiger partial charge is 0.313 e. The molecule has 0 aliphatic carbocycles. The molecule has 1 fully saturated rings. The molecule has 196 valence electrons. The van der Waals surface area contributed by atoms with Gasteiger partial charge in [-0.1, -0.05) is 76.4 Å². The molecule has 0 amide bonds. The molecule has 1 heterocycles. The van der Waals surface area contributed by atoms with Gasteiger partial charge in [0.25, 0.3) is 0 Å². The van der Waals surface area contributed by atoms with E-state index in [-0.39, 0.29) is 6.10 Å². The lowest BCUT2D eigenvalue weighted by molar-refractivity contribution is -0.426. The Morgan fingerprint density at radius 1 is 0.829 bits per heavy atom. The summed E-state index contributed by atoms with van der Waals surface area (Å²) in [5.41, 5.74) is 1.11. The highest BCUT2D eigenvalue weighted by Crippen LogP contribution is 2.36. The summed E-state index contributed by atoms with van der Waals surface area (Å²) >= 11 is 0. The zero-order valence-electron chi connectivity index (χ0n) is 22.0. The Labute approximate surface area is 211 Å². The van der Waals surface area contributed by atoms with Crippen LogP contribution in [0.2, 0.25) is 0 Å². The average Bonchev–Trinajstić information content (AvgIpc) is 3.31. The van der Waals surface area contributed by atoms with E-state index in [9.17, 15) is 0 Å². The quantitative estimate of drug-likeness (QED) is 0.185. The maximum absolute atomic E-state index is 6.46. The van der Waals surface area contributed by atoms with Crippen LogP contribution < -0.4 is 0 Å². The minimum atomic E-state index is -1.32. The van der Waals surface area contributed by atoms with Crippen molar-refractivity contribution in [2.24, 2.45) is 0 Å². The zero-order chi connectivity index (χ0) is 24.9. The number of hydrogen-bond donors (Lipinski definition) is 0. The number of benzene rings is 2. The van der Waals surface area contributed by atoms with Crippen molar-refractivity contribution in [1.82, 2.24) is 0 Å². The molecule has 0 aromatic heterocycles. The second-order valence-corrected chi connectivity index (χ2v) is 9.20. The van der Waals surface area contributed by atoms with Gasteiger partial charge in [0, 0.05) is 13.5 Å². The van der Waals surface area contributed by atoms with E-state index in [0.29, 0.717) is 32.8 Å². The SMILES string of the molecule is CCCCOC(OCCCC)(OCCCC)[C@@H]1OC(OC)C[C@@H]1OCc1ccc2ccccc2c1. The van der Waals surface area contributed by atoms with Gasteiger partial charge in [0.2, 0.25) is 0 Å². The van der Waals surface area contributed by atoms with Gasteiger partial charge in [0.15, 0.2) is 12.4 Å². The van der Waals surface area contributed by atoms with Gasteiger partial charge in [-0.3, -0.25) is 0 Å². The number of unbranched alkanes of at least 4 members (excludes halogenated alkanes) is 3. The van der Waals surface area contributed by atoms with Crippen molar-refractivity contribution >= 4 is 10.8 Å². The summed E-state index contributed by atoms with van der Waals surface area (Å²) < 4.78 is 37.5. The Morgan fingerprint density at radius 2 is 1.43 bits per heavy atom. The Kier molecular flexibility index (Phi) is 11.9. The lowest BCUT2D eigenvalue weighted by Crippen LogP contribution is -2.55. The molecule has 6 nitrogen and oxygen atoms in total. The predicted molar refractivity (Wildman–Crippen MR) is 138 cm³/mol. The highest BCUT2D eigenvalue weighted by Gasteiger charge is 2.54. The summed E-state index contributed by atoms with van der Waals surface area (Å²) in [5.74, 6) is -1.32. The molecular formula is C29H44O6. The van der Waals surface area contributed by atoms with Crippen LogP contribution in [0.15, 0.2) is 42.5 Å². The van der Waals surface area contributed by atoms with Crippen molar-refractivity contribution in [3.05, 3.63) is 48.0 Å². The van der Waals surface area contributed by atoms with E-state index in [4.69, 9.17) is 28.4 Å². The Hall–Kier alpha value is -1.54. The molecule has 3 atom stereocenters. The lowest BCUT2D eigenvalue weighted by Gasteiger charge is -2.39. The fourth-order valence-corrected chi connectivity index (χ4v) is 4.22. The van der Waals surface area contributed by atoms with Crippen LogP contribution in [0.4, 0.5) is 0 Å². The molecule has 2 aromatic carbocycles. The highest BCUT2D eigenvalue weighted by molar-refractivity contribution is 5.82. The first kappa shape index (κ1) is 28.0. The van der Waals surface area contributed by atoms with Gasteiger partial charge >= 0.3 is 5.97 Å². The largest absolute Gasteiger partial charge is 0.370 e. The first-order chi connectivity index (χ1) is 17.2. The number of ether oxygens (including phenoxy) is 6. The van der Waals surface area contributed by atoms with E-state index < -0.39 is 18.4 Å². The molecule has 2 aromatic rings. The van der Waals surface area contributed by atoms with Crippen molar-refractivity contribution in [3.63, 3.8) is 0 Å². The third-order valence-electron chi connectivity index (χ3n) is 6.35. The van der Waals surface area contributed by atoms with Crippen LogP contribution in [-0.2, 0) is 35.0 Å². The Balaban J connectivity index is 1.81. The van der Waals surface area contributed by atoms with Crippen LogP contribution in [0.1, 0.15) is 71.3 Å². The molecular weight excluding hydrogens is 444 g/mol. The van der Waals surface area contributed by atoms with Crippen molar-refractivity contribution < 1.29 is 28.4 Å².